The summed E-state index contributed by atoms with van der Waals surface area (Å²) >= 11 is 1.29. The standard InChI is InChI=1S/C28H30FN5O2S/c1-16-23(33(4)32-31-16)19-14-20-22(30-15-19)26-25(21(29)27(37-26)28(2,3)35)34(20)24(17-8-6-5-7-9-17)18-10-12-36-13-11-18/h5-9,14-15,18,24,35H,10-13H2,1-4H3/t24-/m1/s1. The van der Waals surface area contributed by atoms with E-state index >= 15 is 4.39 Å². The van der Waals surface area contributed by atoms with Crippen LogP contribution >= 0.6 is 11.3 Å². The summed E-state index contributed by atoms with van der Waals surface area (Å²) in [6, 6.07) is 12.3. The normalized spacial score (nSPS) is 16.2. The number of ether oxygens (including phenoxy) is 1. The van der Waals surface area contributed by atoms with Crippen LogP contribution in [-0.2, 0) is 17.4 Å². The first kappa shape index (κ1) is 24.2. The van der Waals surface area contributed by atoms with Crippen molar-refractivity contribution in [2.75, 3.05) is 13.2 Å². The largest absolute Gasteiger partial charge is 0.385 e. The third-order valence-corrected chi connectivity index (χ3v) is 8.84. The van der Waals surface area contributed by atoms with Crippen molar-refractivity contribution in [3.63, 3.8) is 0 Å². The number of thiophene rings is 1. The maximum Gasteiger partial charge on any atom is 0.164 e. The van der Waals surface area contributed by atoms with Gasteiger partial charge in [0.05, 0.1) is 43.6 Å². The lowest BCUT2D eigenvalue weighted by Gasteiger charge is -2.33. The van der Waals surface area contributed by atoms with Crippen LogP contribution in [0.1, 0.15) is 48.9 Å². The second-order valence-electron chi connectivity index (χ2n) is 10.4. The summed E-state index contributed by atoms with van der Waals surface area (Å²) in [7, 11) is 1.86. The lowest BCUT2D eigenvalue weighted by atomic mass is 9.86. The molecule has 1 aliphatic heterocycles. The number of benzene rings is 1. The first-order valence-electron chi connectivity index (χ1n) is 12.6. The highest BCUT2D eigenvalue weighted by Crippen LogP contribution is 2.46. The fraction of sp³-hybridized carbons (Fsp3) is 0.393. The van der Waals surface area contributed by atoms with Crippen LogP contribution in [0.2, 0.25) is 0 Å². The van der Waals surface area contributed by atoms with E-state index in [4.69, 9.17) is 9.72 Å². The molecule has 1 fully saturated rings. The molecular weight excluding hydrogens is 489 g/mol. The van der Waals surface area contributed by atoms with Gasteiger partial charge in [0.25, 0.3) is 0 Å². The SMILES string of the molecule is Cc1nnn(C)c1-c1cnc2c3sc(C(C)(C)O)c(F)c3n([C@H](c3ccccc3)C3CCOCC3)c2c1. The molecule has 6 rings (SSSR count). The number of pyridine rings is 1. The van der Waals surface area contributed by atoms with Crippen LogP contribution in [0.25, 0.3) is 32.5 Å². The Morgan fingerprint density at radius 3 is 2.57 bits per heavy atom. The van der Waals surface area contributed by atoms with Gasteiger partial charge in [-0.25, -0.2) is 9.07 Å². The number of aryl methyl sites for hydroxylation is 2. The van der Waals surface area contributed by atoms with Gasteiger partial charge in [0.15, 0.2) is 5.82 Å². The number of nitrogens with zero attached hydrogens (tertiary/aromatic N) is 5. The van der Waals surface area contributed by atoms with Gasteiger partial charge in [-0.15, -0.1) is 16.4 Å². The molecule has 1 aromatic carbocycles. The lowest BCUT2D eigenvalue weighted by Crippen LogP contribution is -2.27. The predicted molar refractivity (Wildman–Crippen MR) is 143 cm³/mol. The van der Waals surface area contributed by atoms with E-state index in [9.17, 15) is 5.11 Å². The summed E-state index contributed by atoms with van der Waals surface area (Å²) < 4.78 is 26.7. The molecule has 1 N–H and O–H groups in total. The fourth-order valence-corrected chi connectivity index (χ4v) is 6.87. The molecule has 1 aliphatic rings. The molecule has 1 atom stereocenters. The van der Waals surface area contributed by atoms with E-state index in [0.717, 1.165) is 51.1 Å². The highest BCUT2D eigenvalue weighted by atomic mass is 32.1. The molecule has 0 spiro atoms. The number of hydrogen-bond acceptors (Lipinski definition) is 6. The molecule has 0 radical (unpaired) electrons. The van der Waals surface area contributed by atoms with Crippen LogP contribution < -0.4 is 0 Å². The van der Waals surface area contributed by atoms with E-state index in [2.05, 4.69) is 33.1 Å². The molecule has 5 aromatic rings. The molecule has 37 heavy (non-hydrogen) atoms. The summed E-state index contributed by atoms with van der Waals surface area (Å²) in [6.45, 7) is 6.55. The Morgan fingerprint density at radius 1 is 1.19 bits per heavy atom. The molecule has 0 aliphatic carbocycles. The molecule has 0 amide bonds. The average Bonchev–Trinajstić information content (AvgIpc) is 3.51. The van der Waals surface area contributed by atoms with Gasteiger partial charge in [0.2, 0.25) is 0 Å². The minimum absolute atomic E-state index is 0.119. The predicted octanol–water partition coefficient (Wildman–Crippen LogP) is 5.74. The zero-order valence-corrected chi connectivity index (χ0v) is 22.2. The first-order valence-corrected chi connectivity index (χ1v) is 13.4. The van der Waals surface area contributed by atoms with Crippen molar-refractivity contribution in [3.8, 4) is 11.3 Å². The number of halogens is 1. The second kappa shape index (κ2) is 9.01. The highest BCUT2D eigenvalue weighted by Gasteiger charge is 2.35. The Hall–Kier alpha value is -3.14. The van der Waals surface area contributed by atoms with Crippen molar-refractivity contribution in [1.82, 2.24) is 24.5 Å². The Kier molecular flexibility index (Phi) is 5.89. The van der Waals surface area contributed by atoms with Crippen molar-refractivity contribution in [2.45, 2.75) is 45.3 Å². The maximum absolute atomic E-state index is 16.3. The molecule has 0 unspecified atom stereocenters. The van der Waals surface area contributed by atoms with Gasteiger partial charge in [0, 0.05) is 32.0 Å². The molecular formula is C28H30FN5O2S. The Morgan fingerprint density at radius 2 is 1.92 bits per heavy atom. The minimum atomic E-state index is -1.30. The lowest BCUT2D eigenvalue weighted by molar-refractivity contribution is 0.0552. The Bertz CT molecular complexity index is 1570. The van der Waals surface area contributed by atoms with Crippen LogP contribution in [0.4, 0.5) is 4.39 Å². The summed E-state index contributed by atoms with van der Waals surface area (Å²) in [5, 5.41) is 19.2. The molecule has 0 saturated carbocycles. The molecule has 0 bridgehead atoms. The van der Waals surface area contributed by atoms with Gasteiger partial charge in [-0.05, 0) is 51.2 Å². The molecule has 7 nitrogen and oxygen atoms in total. The monoisotopic (exact) mass is 519 g/mol. The summed E-state index contributed by atoms with van der Waals surface area (Å²) in [5.74, 6) is -0.123. The number of rotatable bonds is 5. The third kappa shape index (κ3) is 3.96. The molecule has 5 heterocycles. The van der Waals surface area contributed by atoms with Crippen LogP contribution in [0.3, 0.4) is 0 Å². The summed E-state index contributed by atoms with van der Waals surface area (Å²) in [6.07, 6.45) is 3.57. The molecule has 192 valence electrons. The van der Waals surface area contributed by atoms with Gasteiger partial charge < -0.3 is 14.4 Å². The second-order valence-corrected chi connectivity index (χ2v) is 11.4. The smallest absolute Gasteiger partial charge is 0.164 e. The third-order valence-electron chi connectivity index (χ3n) is 7.37. The van der Waals surface area contributed by atoms with Crippen molar-refractivity contribution < 1.29 is 14.2 Å². The summed E-state index contributed by atoms with van der Waals surface area (Å²) in [5.41, 5.74) is 4.48. The van der Waals surface area contributed by atoms with E-state index in [1.807, 2.05) is 38.4 Å². The van der Waals surface area contributed by atoms with E-state index in [0.29, 0.717) is 23.6 Å². The zero-order valence-electron chi connectivity index (χ0n) is 21.4. The number of fused-ring (bicyclic) bond motifs is 3. The van der Waals surface area contributed by atoms with Gasteiger partial charge in [-0.1, -0.05) is 35.5 Å². The number of aliphatic hydroxyl groups is 1. The van der Waals surface area contributed by atoms with Crippen LogP contribution in [0.5, 0.6) is 0 Å². The van der Waals surface area contributed by atoms with Gasteiger partial charge in [0.1, 0.15) is 5.52 Å². The Labute approximate surface area is 218 Å². The number of hydrogen-bond donors (Lipinski definition) is 1. The Balaban J connectivity index is 1.70. The van der Waals surface area contributed by atoms with Gasteiger partial charge >= 0.3 is 0 Å². The number of aromatic nitrogens is 5. The minimum Gasteiger partial charge on any atom is -0.385 e. The quantitative estimate of drug-likeness (QED) is 0.321. The van der Waals surface area contributed by atoms with E-state index in [1.165, 1.54) is 11.3 Å². The van der Waals surface area contributed by atoms with Crippen LogP contribution in [-0.4, -0.2) is 42.9 Å². The van der Waals surface area contributed by atoms with Gasteiger partial charge in [-0.2, -0.15) is 0 Å². The molecule has 4 aromatic heterocycles. The topological polar surface area (TPSA) is 78.0 Å². The van der Waals surface area contributed by atoms with E-state index < -0.39 is 5.60 Å². The first-order chi connectivity index (χ1) is 17.8. The van der Waals surface area contributed by atoms with Crippen molar-refractivity contribution in [3.05, 3.63) is 64.5 Å². The molecule has 9 heteroatoms. The van der Waals surface area contributed by atoms with Crippen molar-refractivity contribution >= 4 is 32.6 Å². The van der Waals surface area contributed by atoms with Crippen LogP contribution in [0, 0.1) is 18.7 Å². The van der Waals surface area contributed by atoms with Crippen molar-refractivity contribution in [2.24, 2.45) is 13.0 Å². The maximum atomic E-state index is 16.3. The van der Waals surface area contributed by atoms with Crippen molar-refractivity contribution in [1.29, 1.82) is 0 Å². The average molecular weight is 520 g/mol. The highest BCUT2D eigenvalue weighted by molar-refractivity contribution is 7.20. The van der Waals surface area contributed by atoms with E-state index in [-0.39, 0.29) is 17.8 Å². The summed E-state index contributed by atoms with van der Waals surface area (Å²) in [4.78, 5) is 5.20. The van der Waals surface area contributed by atoms with Gasteiger partial charge in [-0.3, -0.25) is 4.98 Å². The zero-order chi connectivity index (χ0) is 25.9. The molecule has 1 saturated heterocycles. The van der Waals surface area contributed by atoms with E-state index in [1.54, 1.807) is 18.5 Å². The van der Waals surface area contributed by atoms with Crippen LogP contribution in [0.15, 0.2) is 42.6 Å². The fourth-order valence-electron chi connectivity index (χ4n) is 5.69.